The summed E-state index contributed by atoms with van der Waals surface area (Å²) in [6.45, 7) is 1.54. The lowest BCUT2D eigenvalue weighted by Crippen LogP contribution is -2.36. The van der Waals surface area contributed by atoms with Crippen LogP contribution in [0.4, 0.5) is 4.79 Å². The van der Waals surface area contributed by atoms with Gasteiger partial charge in [0.05, 0.1) is 0 Å². The van der Waals surface area contributed by atoms with Crippen LogP contribution in [-0.2, 0) is 4.74 Å². The molecule has 0 aliphatic carbocycles. The van der Waals surface area contributed by atoms with Crippen molar-refractivity contribution >= 4 is 6.09 Å². The number of hydrogen-bond acceptors (Lipinski definition) is 3. The van der Waals surface area contributed by atoms with E-state index >= 15 is 0 Å². The molecular formula is C8H12N2O2. The van der Waals surface area contributed by atoms with Gasteiger partial charge in [-0.2, -0.15) is 0 Å². The summed E-state index contributed by atoms with van der Waals surface area (Å²) in [6.07, 6.45) is 5.99. The fraction of sp³-hybridized carbons (Fsp3) is 0.625. The summed E-state index contributed by atoms with van der Waals surface area (Å²) >= 11 is 0. The normalized spacial score (nSPS) is 18.4. The van der Waals surface area contributed by atoms with E-state index in [1.807, 2.05) is 4.90 Å². The molecule has 2 N–H and O–H groups in total. The number of primary amides is 1. The minimum Gasteiger partial charge on any atom is -0.446 e. The SMILES string of the molecule is C#CN1CCC(OC(N)=O)CC1. The van der Waals surface area contributed by atoms with E-state index in [9.17, 15) is 4.79 Å². The molecule has 0 bridgehead atoms. The molecule has 0 aromatic heterocycles. The van der Waals surface area contributed by atoms with Gasteiger partial charge in [0.2, 0.25) is 0 Å². The Morgan fingerprint density at radius 3 is 2.58 bits per heavy atom. The number of carbonyl (C=O) groups is 1. The van der Waals surface area contributed by atoms with Crippen LogP contribution in [0.5, 0.6) is 0 Å². The van der Waals surface area contributed by atoms with Crippen LogP contribution in [0.1, 0.15) is 12.8 Å². The Labute approximate surface area is 71.7 Å². The van der Waals surface area contributed by atoms with E-state index in [4.69, 9.17) is 16.9 Å². The van der Waals surface area contributed by atoms with E-state index in [0.29, 0.717) is 0 Å². The Kier molecular flexibility index (Phi) is 2.81. The molecule has 0 aromatic rings. The van der Waals surface area contributed by atoms with Crippen molar-refractivity contribution in [3.8, 4) is 12.5 Å². The topological polar surface area (TPSA) is 55.6 Å². The standard InChI is InChI=1S/C8H12N2O2/c1-2-10-5-3-7(4-6-10)12-8(9)11/h1,7H,3-6H2,(H2,9,11). The van der Waals surface area contributed by atoms with Crippen molar-refractivity contribution in [3.05, 3.63) is 0 Å². The van der Waals surface area contributed by atoms with Gasteiger partial charge in [-0.05, 0) is 0 Å². The van der Waals surface area contributed by atoms with Gasteiger partial charge in [-0.3, -0.25) is 0 Å². The lowest BCUT2D eigenvalue weighted by atomic mass is 10.1. The highest BCUT2D eigenvalue weighted by atomic mass is 16.6. The number of nitrogens with zero attached hydrogens (tertiary/aromatic N) is 1. The zero-order chi connectivity index (χ0) is 8.97. The maximum Gasteiger partial charge on any atom is 0.404 e. The monoisotopic (exact) mass is 168 g/mol. The molecule has 0 unspecified atom stereocenters. The molecule has 1 aliphatic heterocycles. The number of amides is 1. The Balaban J connectivity index is 2.27. The highest BCUT2D eigenvalue weighted by Gasteiger charge is 2.19. The number of carbonyl (C=O) groups excluding carboxylic acids is 1. The van der Waals surface area contributed by atoms with Crippen LogP contribution < -0.4 is 5.73 Å². The summed E-state index contributed by atoms with van der Waals surface area (Å²) < 4.78 is 4.83. The summed E-state index contributed by atoms with van der Waals surface area (Å²) in [7, 11) is 0. The smallest absolute Gasteiger partial charge is 0.404 e. The molecule has 0 spiro atoms. The maximum absolute atomic E-state index is 10.4. The Hall–Kier alpha value is -1.37. The van der Waals surface area contributed by atoms with Gasteiger partial charge in [0.15, 0.2) is 0 Å². The Morgan fingerprint density at radius 2 is 2.17 bits per heavy atom. The first-order chi connectivity index (χ1) is 5.72. The molecular weight excluding hydrogens is 156 g/mol. The van der Waals surface area contributed by atoms with Crippen LogP contribution in [0, 0.1) is 12.5 Å². The number of piperidine rings is 1. The van der Waals surface area contributed by atoms with Crippen molar-refractivity contribution in [1.82, 2.24) is 4.90 Å². The second-order valence-corrected chi connectivity index (χ2v) is 2.75. The fourth-order valence-corrected chi connectivity index (χ4v) is 1.27. The molecule has 0 aromatic carbocycles. The first kappa shape index (κ1) is 8.72. The lowest BCUT2D eigenvalue weighted by Gasteiger charge is -2.28. The van der Waals surface area contributed by atoms with E-state index in [-0.39, 0.29) is 6.10 Å². The van der Waals surface area contributed by atoms with Crippen LogP contribution >= 0.6 is 0 Å². The van der Waals surface area contributed by atoms with E-state index in [1.165, 1.54) is 0 Å². The number of terminal acetylenes is 1. The van der Waals surface area contributed by atoms with Gasteiger partial charge < -0.3 is 15.4 Å². The van der Waals surface area contributed by atoms with Crippen LogP contribution in [0.25, 0.3) is 0 Å². The number of nitrogens with two attached hydrogens (primary N) is 1. The van der Waals surface area contributed by atoms with Gasteiger partial charge in [-0.1, -0.05) is 6.42 Å². The van der Waals surface area contributed by atoms with Gasteiger partial charge in [-0.25, -0.2) is 4.79 Å². The third kappa shape index (κ3) is 2.35. The van der Waals surface area contributed by atoms with Gasteiger partial charge in [0.1, 0.15) is 6.10 Å². The quantitative estimate of drug-likeness (QED) is 0.566. The van der Waals surface area contributed by atoms with E-state index in [2.05, 4.69) is 6.04 Å². The lowest BCUT2D eigenvalue weighted by molar-refractivity contribution is 0.0699. The number of rotatable bonds is 1. The third-order valence-electron chi connectivity index (χ3n) is 1.91. The second-order valence-electron chi connectivity index (χ2n) is 2.75. The van der Waals surface area contributed by atoms with Crippen molar-refractivity contribution in [2.24, 2.45) is 5.73 Å². The summed E-state index contributed by atoms with van der Waals surface area (Å²) in [5, 5.41) is 0. The van der Waals surface area contributed by atoms with E-state index in [0.717, 1.165) is 25.9 Å². The van der Waals surface area contributed by atoms with E-state index < -0.39 is 6.09 Å². The molecule has 1 rings (SSSR count). The highest BCUT2D eigenvalue weighted by molar-refractivity contribution is 5.64. The second kappa shape index (κ2) is 3.86. The van der Waals surface area contributed by atoms with Crippen LogP contribution in [0.15, 0.2) is 0 Å². The maximum atomic E-state index is 10.4. The molecule has 0 radical (unpaired) electrons. The number of hydrogen-bond donors (Lipinski definition) is 1. The van der Waals surface area contributed by atoms with Crippen LogP contribution in [0.2, 0.25) is 0 Å². The predicted octanol–water partition coefficient (Wildman–Crippen LogP) is 0.137. The fourth-order valence-electron chi connectivity index (χ4n) is 1.27. The minimum absolute atomic E-state index is 0.0490. The van der Waals surface area contributed by atoms with Gasteiger partial charge in [-0.15, -0.1) is 0 Å². The largest absolute Gasteiger partial charge is 0.446 e. The van der Waals surface area contributed by atoms with Crippen molar-refractivity contribution in [1.29, 1.82) is 0 Å². The van der Waals surface area contributed by atoms with Crippen molar-refractivity contribution < 1.29 is 9.53 Å². The Bertz CT molecular complexity index is 202. The number of ether oxygens (including phenoxy) is 1. The predicted molar refractivity (Wildman–Crippen MR) is 44.1 cm³/mol. The highest BCUT2D eigenvalue weighted by Crippen LogP contribution is 2.12. The molecule has 12 heavy (non-hydrogen) atoms. The molecule has 4 heteroatoms. The number of likely N-dealkylation sites (tertiary alicyclic amines) is 1. The molecule has 1 heterocycles. The Morgan fingerprint density at radius 1 is 1.58 bits per heavy atom. The molecule has 1 aliphatic rings. The molecule has 0 atom stereocenters. The van der Waals surface area contributed by atoms with Crippen LogP contribution in [-0.4, -0.2) is 30.2 Å². The first-order valence-corrected chi connectivity index (χ1v) is 3.89. The van der Waals surface area contributed by atoms with Gasteiger partial charge in [0, 0.05) is 32.0 Å². The molecule has 4 nitrogen and oxygen atoms in total. The summed E-state index contributed by atoms with van der Waals surface area (Å²) in [4.78, 5) is 12.2. The average molecular weight is 168 g/mol. The molecule has 1 amide bonds. The minimum atomic E-state index is -0.700. The van der Waals surface area contributed by atoms with Crippen LogP contribution in [0.3, 0.4) is 0 Å². The molecule has 66 valence electrons. The van der Waals surface area contributed by atoms with Gasteiger partial charge in [0.25, 0.3) is 0 Å². The average Bonchev–Trinajstić information content (AvgIpc) is 2.05. The summed E-state index contributed by atoms with van der Waals surface area (Å²) in [5.74, 6) is 0. The zero-order valence-corrected chi connectivity index (χ0v) is 6.82. The molecule has 0 saturated carbocycles. The molecule has 1 fully saturated rings. The van der Waals surface area contributed by atoms with E-state index in [1.54, 1.807) is 0 Å². The van der Waals surface area contributed by atoms with Crippen molar-refractivity contribution in [2.45, 2.75) is 18.9 Å². The van der Waals surface area contributed by atoms with Gasteiger partial charge >= 0.3 is 6.09 Å². The zero-order valence-electron chi connectivity index (χ0n) is 6.82. The first-order valence-electron chi connectivity index (χ1n) is 3.89. The summed E-state index contributed by atoms with van der Waals surface area (Å²) in [5.41, 5.74) is 4.88. The van der Waals surface area contributed by atoms with Crippen molar-refractivity contribution in [3.63, 3.8) is 0 Å². The third-order valence-corrected chi connectivity index (χ3v) is 1.91. The van der Waals surface area contributed by atoms with Crippen molar-refractivity contribution in [2.75, 3.05) is 13.1 Å². The summed E-state index contributed by atoms with van der Waals surface area (Å²) in [6, 6.07) is 2.54. The molecule has 1 saturated heterocycles.